The first-order valence-corrected chi connectivity index (χ1v) is 5.65. The Bertz CT molecular complexity index is 463. The molecule has 0 radical (unpaired) electrons. The fourth-order valence-corrected chi connectivity index (χ4v) is 1.44. The van der Waals surface area contributed by atoms with Crippen molar-refractivity contribution in [1.29, 1.82) is 0 Å². The van der Waals surface area contributed by atoms with Gasteiger partial charge in [0.25, 0.3) is 11.8 Å². The van der Waals surface area contributed by atoms with Crippen molar-refractivity contribution >= 4 is 17.8 Å². The summed E-state index contributed by atoms with van der Waals surface area (Å²) in [6.07, 6.45) is -0.515. The predicted molar refractivity (Wildman–Crippen MR) is 66.6 cm³/mol. The van der Waals surface area contributed by atoms with Crippen LogP contribution >= 0.6 is 0 Å². The zero-order chi connectivity index (χ0) is 14.4. The van der Waals surface area contributed by atoms with E-state index in [2.05, 4.69) is 10.1 Å². The molecule has 2 amide bonds. The highest BCUT2D eigenvalue weighted by atomic mass is 16.5. The first-order chi connectivity index (χ1) is 8.95. The van der Waals surface area contributed by atoms with Gasteiger partial charge in [-0.1, -0.05) is 12.1 Å². The van der Waals surface area contributed by atoms with Crippen molar-refractivity contribution in [2.24, 2.45) is 0 Å². The number of hydrogen-bond acceptors (Lipinski definition) is 5. The summed E-state index contributed by atoms with van der Waals surface area (Å²) in [5.74, 6) is -0.976. The van der Waals surface area contributed by atoms with Gasteiger partial charge in [0.1, 0.15) is 0 Å². The van der Waals surface area contributed by atoms with Crippen molar-refractivity contribution in [2.75, 3.05) is 7.11 Å². The van der Waals surface area contributed by atoms with E-state index in [4.69, 9.17) is 5.11 Å². The van der Waals surface area contributed by atoms with Crippen LogP contribution in [0.1, 0.15) is 34.1 Å². The van der Waals surface area contributed by atoms with E-state index in [1.54, 1.807) is 24.3 Å². The molecule has 1 atom stereocenters. The van der Waals surface area contributed by atoms with Gasteiger partial charge in [-0.3, -0.25) is 19.7 Å². The van der Waals surface area contributed by atoms with Gasteiger partial charge in [-0.25, -0.2) is 0 Å². The maximum absolute atomic E-state index is 10.9. The summed E-state index contributed by atoms with van der Waals surface area (Å²) in [6, 6.07) is 6.74. The first-order valence-electron chi connectivity index (χ1n) is 5.65. The van der Waals surface area contributed by atoms with Gasteiger partial charge in [0.05, 0.1) is 30.8 Å². The zero-order valence-electron chi connectivity index (χ0n) is 10.7. The minimum atomic E-state index is -0.595. The van der Waals surface area contributed by atoms with Gasteiger partial charge in [-0.15, -0.1) is 0 Å². The Hall–Kier alpha value is -2.21. The smallest absolute Gasteiger partial charge is 0.308 e. The number of carbonyl (C=O) groups is 3. The van der Waals surface area contributed by atoms with Crippen LogP contribution in [0.3, 0.4) is 0 Å². The van der Waals surface area contributed by atoms with Gasteiger partial charge in [-0.05, 0) is 19.1 Å². The number of fused-ring (bicyclic) bond motifs is 1. The molecule has 0 spiro atoms. The summed E-state index contributed by atoms with van der Waals surface area (Å²) < 4.78 is 4.26. The molecule has 2 N–H and O–H groups in total. The van der Waals surface area contributed by atoms with E-state index in [0.29, 0.717) is 11.1 Å². The van der Waals surface area contributed by atoms with Crippen LogP contribution in [0.5, 0.6) is 0 Å². The standard InChI is InChI=1S/C8H5NO2.C5H10O3/c10-7-5-3-1-2-4-6(5)8(11)9-7;1-4(6)3-5(7)8-2/h1-4H,(H,9,10,11);4,6H,3H2,1-2H3/t;4-/m.1/s1. The number of ether oxygens (including phenoxy) is 1. The molecule has 1 aliphatic rings. The SMILES string of the molecule is COC(=O)C[C@@H](C)O.O=C1NC(=O)c2ccccc21. The van der Waals surface area contributed by atoms with Gasteiger partial charge >= 0.3 is 5.97 Å². The summed E-state index contributed by atoms with van der Waals surface area (Å²) in [7, 11) is 1.30. The van der Waals surface area contributed by atoms with Gasteiger partial charge < -0.3 is 9.84 Å². The van der Waals surface area contributed by atoms with E-state index in [1.165, 1.54) is 14.0 Å². The number of nitrogens with one attached hydrogen (secondary N) is 1. The lowest BCUT2D eigenvalue weighted by Crippen LogP contribution is -2.19. The molecule has 0 aromatic heterocycles. The van der Waals surface area contributed by atoms with Crippen molar-refractivity contribution < 1.29 is 24.2 Å². The Morgan fingerprint density at radius 3 is 2.05 bits per heavy atom. The fraction of sp³-hybridized carbons (Fsp3) is 0.308. The highest BCUT2D eigenvalue weighted by Crippen LogP contribution is 2.13. The van der Waals surface area contributed by atoms with Crippen molar-refractivity contribution in [3.63, 3.8) is 0 Å². The Morgan fingerprint density at radius 2 is 1.74 bits per heavy atom. The molecule has 0 saturated carbocycles. The summed E-state index contributed by atoms with van der Waals surface area (Å²) in [4.78, 5) is 32.1. The third-order valence-corrected chi connectivity index (χ3v) is 2.33. The van der Waals surface area contributed by atoms with Crippen LogP contribution in [0.2, 0.25) is 0 Å². The van der Waals surface area contributed by atoms with Crippen molar-refractivity contribution in [1.82, 2.24) is 5.32 Å². The molecule has 0 bridgehead atoms. The number of imide groups is 1. The van der Waals surface area contributed by atoms with Crippen LogP contribution in [-0.4, -0.2) is 36.1 Å². The minimum absolute atomic E-state index is 0.0799. The minimum Gasteiger partial charge on any atom is -0.469 e. The molecule has 1 aliphatic heterocycles. The molecule has 102 valence electrons. The molecular formula is C13H15NO5. The number of benzene rings is 1. The van der Waals surface area contributed by atoms with Gasteiger partial charge in [0.15, 0.2) is 0 Å². The first kappa shape index (κ1) is 14.8. The van der Waals surface area contributed by atoms with Gasteiger partial charge in [0.2, 0.25) is 0 Å². The van der Waals surface area contributed by atoms with E-state index in [9.17, 15) is 14.4 Å². The molecule has 1 aromatic carbocycles. The number of amides is 2. The second kappa shape index (κ2) is 6.65. The molecule has 0 fully saturated rings. The molecular weight excluding hydrogens is 250 g/mol. The third-order valence-electron chi connectivity index (χ3n) is 2.33. The molecule has 0 unspecified atom stereocenters. The largest absolute Gasteiger partial charge is 0.469 e. The normalized spacial score (nSPS) is 13.8. The quantitative estimate of drug-likeness (QED) is 0.600. The number of hydrogen-bond donors (Lipinski definition) is 2. The average Bonchev–Trinajstić information content (AvgIpc) is 2.66. The van der Waals surface area contributed by atoms with Crippen LogP contribution in [-0.2, 0) is 9.53 Å². The van der Waals surface area contributed by atoms with E-state index in [-0.39, 0.29) is 24.2 Å². The molecule has 0 saturated heterocycles. The average molecular weight is 265 g/mol. The van der Waals surface area contributed by atoms with E-state index < -0.39 is 6.10 Å². The van der Waals surface area contributed by atoms with Crippen LogP contribution in [0.25, 0.3) is 0 Å². The number of esters is 1. The molecule has 1 aromatic rings. The number of methoxy groups -OCH3 is 1. The Labute approximate surface area is 110 Å². The lowest BCUT2D eigenvalue weighted by atomic mass is 10.1. The maximum atomic E-state index is 10.9. The molecule has 6 heteroatoms. The zero-order valence-corrected chi connectivity index (χ0v) is 10.7. The number of rotatable bonds is 2. The van der Waals surface area contributed by atoms with Crippen LogP contribution in [0, 0.1) is 0 Å². The Balaban J connectivity index is 0.000000203. The van der Waals surface area contributed by atoms with Crippen LogP contribution < -0.4 is 5.32 Å². The van der Waals surface area contributed by atoms with E-state index >= 15 is 0 Å². The monoisotopic (exact) mass is 265 g/mol. The van der Waals surface area contributed by atoms with Crippen molar-refractivity contribution in [3.8, 4) is 0 Å². The molecule has 6 nitrogen and oxygen atoms in total. The highest BCUT2D eigenvalue weighted by Gasteiger charge is 2.25. The number of carbonyl (C=O) groups excluding carboxylic acids is 3. The predicted octanol–water partition coefficient (Wildman–Crippen LogP) is 0.500. The Kier molecular flexibility index (Phi) is 5.20. The molecule has 0 aliphatic carbocycles. The van der Waals surface area contributed by atoms with Crippen LogP contribution in [0.4, 0.5) is 0 Å². The molecule has 19 heavy (non-hydrogen) atoms. The highest BCUT2D eigenvalue weighted by molar-refractivity contribution is 6.21. The van der Waals surface area contributed by atoms with E-state index in [1.807, 2.05) is 0 Å². The van der Waals surface area contributed by atoms with Crippen LogP contribution in [0.15, 0.2) is 24.3 Å². The topological polar surface area (TPSA) is 92.7 Å². The summed E-state index contributed by atoms with van der Waals surface area (Å²) >= 11 is 0. The number of aliphatic hydroxyl groups excluding tert-OH is 1. The second-order valence-corrected chi connectivity index (χ2v) is 3.96. The summed E-state index contributed by atoms with van der Waals surface area (Å²) in [5.41, 5.74) is 0.940. The summed E-state index contributed by atoms with van der Waals surface area (Å²) in [5, 5.41) is 10.8. The number of aliphatic hydroxyl groups is 1. The van der Waals surface area contributed by atoms with Gasteiger partial charge in [-0.2, -0.15) is 0 Å². The van der Waals surface area contributed by atoms with Crippen molar-refractivity contribution in [2.45, 2.75) is 19.4 Å². The van der Waals surface area contributed by atoms with Gasteiger partial charge in [0, 0.05) is 0 Å². The summed E-state index contributed by atoms with van der Waals surface area (Å²) in [6.45, 7) is 1.54. The van der Waals surface area contributed by atoms with Crippen molar-refractivity contribution in [3.05, 3.63) is 35.4 Å². The second-order valence-electron chi connectivity index (χ2n) is 3.96. The fourth-order valence-electron chi connectivity index (χ4n) is 1.44. The lowest BCUT2D eigenvalue weighted by Gasteiger charge is -1.99. The van der Waals surface area contributed by atoms with E-state index in [0.717, 1.165) is 0 Å². The molecule has 2 rings (SSSR count). The Morgan fingerprint density at radius 1 is 1.26 bits per heavy atom. The molecule has 1 heterocycles. The third kappa shape index (κ3) is 4.18. The maximum Gasteiger partial charge on any atom is 0.308 e. The lowest BCUT2D eigenvalue weighted by molar-refractivity contribution is -0.142.